The van der Waals surface area contributed by atoms with E-state index < -0.39 is 23.1 Å². The molecule has 7 nitrogen and oxygen atoms in total. The van der Waals surface area contributed by atoms with Gasteiger partial charge in [0, 0.05) is 11.5 Å². The van der Waals surface area contributed by atoms with Crippen LogP contribution in [0.5, 0.6) is 0 Å². The van der Waals surface area contributed by atoms with Crippen molar-refractivity contribution in [2.75, 3.05) is 11.1 Å². The van der Waals surface area contributed by atoms with Crippen LogP contribution >= 0.6 is 11.8 Å². The van der Waals surface area contributed by atoms with Crippen LogP contribution in [0.3, 0.4) is 0 Å². The average molecular weight is 488 g/mol. The summed E-state index contributed by atoms with van der Waals surface area (Å²) in [6, 6.07) is 18.2. The molecule has 0 aliphatic carbocycles. The molecular weight excluding hydrogens is 474 g/mol. The number of carbonyl (C=O) groups excluding carboxylic acids is 1. The molecule has 172 valence electrons. The topological polar surface area (TPSA) is 101 Å². The van der Waals surface area contributed by atoms with Crippen molar-refractivity contribution in [2.24, 2.45) is 0 Å². The van der Waals surface area contributed by atoms with Gasteiger partial charge in [0.05, 0.1) is 22.3 Å². The third kappa shape index (κ3) is 4.13. The SMILES string of the molecule is N#Cc1oc2ccccc2c1NC(=O)CSc1nc2ccccc2c(=O)n1-c1ccc(F)cc1F. The molecule has 2 heterocycles. The van der Waals surface area contributed by atoms with E-state index in [1.165, 1.54) is 0 Å². The molecule has 3 aromatic carbocycles. The van der Waals surface area contributed by atoms with Gasteiger partial charge < -0.3 is 9.73 Å². The zero-order valence-electron chi connectivity index (χ0n) is 17.8. The summed E-state index contributed by atoms with van der Waals surface area (Å²) >= 11 is 0.898. The first-order chi connectivity index (χ1) is 17.0. The Labute approximate surface area is 200 Å². The Kier molecular flexibility index (Phi) is 5.76. The van der Waals surface area contributed by atoms with Crippen molar-refractivity contribution in [3.05, 3.63) is 94.5 Å². The maximum atomic E-state index is 14.6. The fraction of sp³-hybridized carbons (Fsp3) is 0.0400. The van der Waals surface area contributed by atoms with Gasteiger partial charge in [-0.05, 0) is 36.4 Å². The van der Waals surface area contributed by atoms with E-state index in [2.05, 4.69) is 10.3 Å². The number of fused-ring (bicyclic) bond motifs is 2. The molecule has 0 aliphatic rings. The second-order valence-electron chi connectivity index (χ2n) is 7.40. The second kappa shape index (κ2) is 9.04. The number of benzene rings is 3. The van der Waals surface area contributed by atoms with Gasteiger partial charge in [-0.2, -0.15) is 5.26 Å². The van der Waals surface area contributed by atoms with Crippen molar-refractivity contribution >= 4 is 45.2 Å². The monoisotopic (exact) mass is 488 g/mol. The van der Waals surface area contributed by atoms with Gasteiger partial charge in [-0.15, -0.1) is 0 Å². The van der Waals surface area contributed by atoms with Crippen LogP contribution in [0.4, 0.5) is 14.5 Å². The molecule has 2 aromatic heterocycles. The molecule has 0 atom stereocenters. The standard InChI is InChI=1S/C25H14F2N4O3S/c26-14-9-10-19(17(27)11-14)31-24(33)15-5-1-3-7-18(15)29-25(31)35-13-22(32)30-23-16-6-2-4-8-20(16)34-21(23)12-28/h1-11H,13H2,(H,30,32). The Morgan fingerprint density at radius 1 is 1.09 bits per heavy atom. The summed E-state index contributed by atoms with van der Waals surface area (Å²) in [7, 11) is 0. The van der Waals surface area contributed by atoms with Gasteiger partial charge in [-0.25, -0.2) is 13.8 Å². The maximum Gasteiger partial charge on any atom is 0.266 e. The molecule has 0 fully saturated rings. The lowest BCUT2D eigenvalue weighted by Crippen LogP contribution is -2.23. The molecule has 0 aliphatic heterocycles. The van der Waals surface area contributed by atoms with Crippen molar-refractivity contribution in [3.8, 4) is 11.8 Å². The molecular formula is C25H14F2N4O3S. The van der Waals surface area contributed by atoms with Gasteiger partial charge in [0.2, 0.25) is 11.7 Å². The molecule has 10 heteroatoms. The second-order valence-corrected chi connectivity index (χ2v) is 8.34. The summed E-state index contributed by atoms with van der Waals surface area (Å²) in [5.41, 5.74) is 0.305. The number of furan rings is 1. The first kappa shape index (κ1) is 22.3. The van der Waals surface area contributed by atoms with Crippen LogP contribution in [-0.4, -0.2) is 21.2 Å². The van der Waals surface area contributed by atoms with Gasteiger partial charge in [0.25, 0.3) is 5.56 Å². The third-order valence-electron chi connectivity index (χ3n) is 5.19. The van der Waals surface area contributed by atoms with Crippen molar-refractivity contribution in [2.45, 2.75) is 5.16 Å². The highest BCUT2D eigenvalue weighted by Crippen LogP contribution is 2.31. The highest BCUT2D eigenvalue weighted by molar-refractivity contribution is 7.99. The molecule has 1 N–H and O–H groups in total. The number of halogens is 2. The molecule has 0 bridgehead atoms. The minimum Gasteiger partial charge on any atom is -0.443 e. The minimum atomic E-state index is -0.945. The van der Waals surface area contributed by atoms with Gasteiger partial charge in [0.1, 0.15) is 29.0 Å². The first-order valence-corrected chi connectivity index (χ1v) is 11.3. The number of nitriles is 1. The van der Waals surface area contributed by atoms with Crippen molar-refractivity contribution in [3.63, 3.8) is 0 Å². The predicted molar refractivity (Wildman–Crippen MR) is 128 cm³/mol. The summed E-state index contributed by atoms with van der Waals surface area (Å²) in [4.78, 5) is 30.4. The normalized spacial score (nSPS) is 11.0. The summed E-state index contributed by atoms with van der Waals surface area (Å²) in [5, 5.41) is 12.9. The van der Waals surface area contributed by atoms with E-state index in [0.717, 1.165) is 28.5 Å². The smallest absolute Gasteiger partial charge is 0.266 e. The van der Waals surface area contributed by atoms with Gasteiger partial charge in [-0.3, -0.25) is 14.2 Å². The highest BCUT2D eigenvalue weighted by atomic mass is 32.2. The van der Waals surface area contributed by atoms with Crippen LogP contribution in [0.25, 0.3) is 27.6 Å². The number of hydrogen-bond acceptors (Lipinski definition) is 6. The predicted octanol–water partition coefficient (Wildman–Crippen LogP) is 5.01. The Balaban J connectivity index is 1.50. The van der Waals surface area contributed by atoms with Crippen LogP contribution < -0.4 is 10.9 Å². The van der Waals surface area contributed by atoms with Gasteiger partial charge in [-0.1, -0.05) is 36.0 Å². The van der Waals surface area contributed by atoms with Gasteiger partial charge >= 0.3 is 0 Å². The third-order valence-corrected chi connectivity index (χ3v) is 6.13. The zero-order valence-corrected chi connectivity index (χ0v) is 18.6. The number of carbonyl (C=O) groups is 1. The molecule has 0 spiro atoms. The fourth-order valence-electron chi connectivity index (χ4n) is 3.64. The van der Waals surface area contributed by atoms with E-state index in [0.29, 0.717) is 22.6 Å². The van der Waals surface area contributed by atoms with Crippen LogP contribution in [0, 0.1) is 23.0 Å². The van der Waals surface area contributed by atoms with Crippen molar-refractivity contribution in [1.29, 1.82) is 5.26 Å². The number of nitrogens with zero attached hydrogens (tertiary/aromatic N) is 3. The number of para-hydroxylation sites is 2. The molecule has 35 heavy (non-hydrogen) atoms. The van der Waals surface area contributed by atoms with Crippen LogP contribution in [0.2, 0.25) is 0 Å². The van der Waals surface area contributed by atoms with Gasteiger partial charge in [0.15, 0.2) is 5.16 Å². The number of nitrogens with one attached hydrogen (secondary N) is 1. The number of rotatable bonds is 5. The summed E-state index contributed by atoms with van der Waals surface area (Å²) < 4.78 is 34.6. The fourth-order valence-corrected chi connectivity index (χ4v) is 4.44. The number of hydrogen-bond donors (Lipinski definition) is 1. The lowest BCUT2D eigenvalue weighted by molar-refractivity contribution is -0.113. The molecule has 5 aromatic rings. The summed E-state index contributed by atoms with van der Waals surface area (Å²) in [6.45, 7) is 0. The average Bonchev–Trinajstić information content (AvgIpc) is 3.21. The maximum absolute atomic E-state index is 14.6. The number of aromatic nitrogens is 2. The molecule has 0 radical (unpaired) electrons. The van der Waals surface area contributed by atoms with Crippen LogP contribution in [-0.2, 0) is 4.79 Å². The molecule has 5 rings (SSSR count). The Morgan fingerprint density at radius 2 is 1.83 bits per heavy atom. The van der Waals surface area contributed by atoms with Crippen molar-refractivity contribution < 1.29 is 18.0 Å². The van der Waals surface area contributed by atoms with Crippen molar-refractivity contribution in [1.82, 2.24) is 9.55 Å². The van der Waals surface area contributed by atoms with E-state index in [1.807, 2.05) is 6.07 Å². The summed E-state index contributed by atoms with van der Waals surface area (Å²) in [6.07, 6.45) is 0. The van der Waals surface area contributed by atoms with E-state index in [9.17, 15) is 23.6 Å². The molecule has 1 amide bonds. The Bertz CT molecular complexity index is 1720. The highest BCUT2D eigenvalue weighted by Gasteiger charge is 2.20. The quantitative estimate of drug-likeness (QED) is 0.276. The van der Waals surface area contributed by atoms with E-state index in [1.54, 1.807) is 48.5 Å². The van der Waals surface area contributed by atoms with Crippen LogP contribution in [0.15, 0.2) is 81.1 Å². The number of anilines is 1. The zero-order chi connectivity index (χ0) is 24.5. The van der Waals surface area contributed by atoms with E-state index >= 15 is 0 Å². The lowest BCUT2D eigenvalue weighted by atomic mass is 10.2. The molecule has 0 saturated heterocycles. The number of amides is 1. The first-order valence-electron chi connectivity index (χ1n) is 10.3. The summed E-state index contributed by atoms with van der Waals surface area (Å²) in [5.74, 6) is -2.48. The Hall–Kier alpha value is -4.49. The number of thioether (sulfide) groups is 1. The van der Waals surface area contributed by atoms with E-state index in [4.69, 9.17) is 4.42 Å². The minimum absolute atomic E-state index is 0.0429. The van der Waals surface area contributed by atoms with Crippen LogP contribution in [0.1, 0.15) is 5.76 Å². The molecule has 0 unspecified atom stereocenters. The lowest BCUT2D eigenvalue weighted by Gasteiger charge is -2.14. The molecule has 0 saturated carbocycles. The van der Waals surface area contributed by atoms with E-state index in [-0.39, 0.29) is 33.4 Å². The largest absolute Gasteiger partial charge is 0.443 e. The Morgan fingerprint density at radius 3 is 2.60 bits per heavy atom.